The van der Waals surface area contributed by atoms with Gasteiger partial charge in [0.2, 0.25) is 0 Å². The molecule has 0 N–H and O–H groups in total. The van der Waals surface area contributed by atoms with Gasteiger partial charge in [-0.25, -0.2) is 4.90 Å². The fraction of sp³-hybridized carbons (Fsp3) is 0.304. The summed E-state index contributed by atoms with van der Waals surface area (Å²) < 4.78 is 0. The molecule has 0 saturated carbocycles. The lowest BCUT2D eigenvalue weighted by Crippen LogP contribution is -2.29. The van der Waals surface area contributed by atoms with E-state index in [9.17, 15) is 19.2 Å². The van der Waals surface area contributed by atoms with Crippen LogP contribution in [0.3, 0.4) is 0 Å². The van der Waals surface area contributed by atoms with Crippen LogP contribution in [0.15, 0.2) is 36.4 Å². The number of carbonyl (C=O) groups is 4. The predicted octanol–water partition coefficient (Wildman–Crippen LogP) is 5.25. The molecule has 2 aromatic rings. The van der Waals surface area contributed by atoms with Crippen molar-refractivity contribution in [1.82, 2.24) is 0 Å². The number of aryl methyl sites for hydroxylation is 1. The first kappa shape index (κ1) is 23.0. The standard InChI is InChI=1S/C19H15NO4.2C2H6/c1-10-4-6-13(7-5-10)20-18(23)16-8-14(11(2)21)15(12(3)22)9-17(16)19(20)24;2*1-2/h4-9H,1-3H3;2*1-2H3. The molecule has 5 nitrogen and oxygen atoms in total. The molecular weight excluding hydrogens is 354 g/mol. The maximum Gasteiger partial charge on any atom is 0.266 e. The molecule has 0 radical (unpaired) electrons. The molecule has 0 fully saturated rings. The lowest BCUT2D eigenvalue weighted by molar-refractivity contribution is 0.0925. The van der Waals surface area contributed by atoms with Crippen LogP contribution < -0.4 is 4.90 Å². The SMILES string of the molecule is CC.CC.CC(=O)c1cc2c(cc1C(C)=O)C(=O)N(c1ccc(C)cc1)C2=O. The number of Topliss-reactive ketones (excluding diaryl/α,β-unsaturated/α-hetero) is 2. The molecule has 5 heteroatoms. The van der Waals surface area contributed by atoms with Gasteiger partial charge in [0.05, 0.1) is 16.8 Å². The number of fused-ring (bicyclic) bond motifs is 1. The number of imide groups is 1. The minimum absolute atomic E-state index is 0.149. The highest BCUT2D eigenvalue weighted by Crippen LogP contribution is 2.31. The van der Waals surface area contributed by atoms with E-state index in [0.717, 1.165) is 10.5 Å². The number of rotatable bonds is 3. The molecule has 0 atom stereocenters. The number of nitrogens with zero attached hydrogens (tertiary/aromatic N) is 1. The Morgan fingerprint density at radius 3 is 1.39 bits per heavy atom. The van der Waals surface area contributed by atoms with Gasteiger partial charge in [-0.1, -0.05) is 45.4 Å². The smallest absolute Gasteiger partial charge is 0.266 e. The Morgan fingerprint density at radius 1 is 0.714 bits per heavy atom. The van der Waals surface area contributed by atoms with Gasteiger partial charge in [0, 0.05) is 11.1 Å². The molecule has 2 amide bonds. The van der Waals surface area contributed by atoms with Crippen LogP contribution in [-0.4, -0.2) is 23.4 Å². The molecule has 1 aliphatic heterocycles. The summed E-state index contributed by atoms with van der Waals surface area (Å²) in [6.07, 6.45) is 0. The summed E-state index contributed by atoms with van der Waals surface area (Å²) in [4.78, 5) is 50.0. The monoisotopic (exact) mass is 381 g/mol. The van der Waals surface area contributed by atoms with Crippen LogP contribution in [-0.2, 0) is 0 Å². The Balaban J connectivity index is 0.000000921. The highest BCUT2D eigenvalue weighted by Gasteiger charge is 2.38. The molecule has 28 heavy (non-hydrogen) atoms. The van der Waals surface area contributed by atoms with Crippen molar-refractivity contribution in [2.75, 3.05) is 4.90 Å². The maximum atomic E-state index is 12.7. The lowest BCUT2D eigenvalue weighted by Gasteiger charge is -2.13. The Labute approximate surface area is 166 Å². The zero-order valence-electron chi connectivity index (χ0n) is 17.5. The molecule has 0 aliphatic carbocycles. The molecular formula is C23H27NO4. The Hall–Kier alpha value is -3.08. The normalized spacial score (nSPS) is 11.8. The summed E-state index contributed by atoms with van der Waals surface area (Å²) in [5, 5.41) is 0. The average molecular weight is 381 g/mol. The van der Waals surface area contributed by atoms with E-state index in [1.807, 2.05) is 34.6 Å². The topological polar surface area (TPSA) is 71.5 Å². The van der Waals surface area contributed by atoms with Gasteiger partial charge in [0.1, 0.15) is 0 Å². The number of ketones is 2. The summed E-state index contributed by atoms with van der Waals surface area (Å²) in [7, 11) is 0. The molecule has 0 unspecified atom stereocenters. The summed E-state index contributed by atoms with van der Waals surface area (Å²) in [6, 6.07) is 9.69. The highest BCUT2D eigenvalue weighted by atomic mass is 16.2. The van der Waals surface area contributed by atoms with E-state index in [0.29, 0.717) is 5.69 Å². The Morgan fingerprint density at radius 2 is 1.07 bits per heavy atom. The summed E-state index contributed by atoms with van der Waals surface area (Å²) in [5.41, 5.74) is 2.08. The molecule has 0 spiro atoms. The first-order valence-corrected chi connectivity index (χ1v) is 9.46. The zero-order chi connectivity index (χ0) is 21.6. The third kappa shape index (κ3) is 4.25. The molecule has 0 saturated heterocycles. The number of amides is 2. The van der Waals surface area contributed by atoms with Crippen molar-refractivity contribution in [2.24, 2.45) is 0 Å². The first-order chi connectivity index (χ1) is 13.3. The van der Waals surface area contributed by atoms with Gasteiger partial charge in [-0.3, -0.25) is 19.2 Å². The Kier molecular flexibility index (Phi) is 7.99. The second kappa shape index (κ2) is 9.74. The zero-order valence-corrected chi connectivity index (χ0v) is 17.5. The summed E-state index contributed by atoms with van der Waals surface area (Å²) in [6.45, 7) is 12.6. The van der Waals surface area contributed by atoms with Crippen molar-refractivity contribution in [2.45, 2.75) is 48.5 Å². The molecule has 0 aromatic heterocycles. The van der Waals surface area contributed by atoms with Gasteiger partial charge in [-0.15, -0.1) is 0 Å². The fourth-order valence-electron chi connectivity index (χ4n) is 2.80. The van der Waals surface area contributed by atoms with Gasteiger partial charge in [-0.05, 0) is 45.0 Å². The van der Waals surface area contributed by atoms with E-state index in [1.165, 1.54) is 26.0 Å². The molecule has 148 valence electrons. The molecule has 2 aromatic carbocycles. The van der Waals surface area contributed by atoms with Crippen LogP contribution in [0.4, 0.5) is 5.69 Å². The number of hydrogen-bond acceptors (Lipinski definition) is 4. The highest BCUT2D eigenvalue weighted by molar-refractivity contribution is 6.35. The Bertz CT molecular complexity index is 858. The van der Waals surface area contributed by atoms with E-state index in [1.54, 1.807) is 24.3 Å². The van der Waals surface area contributed by atoms with E-state index in [2.05, 4.69) is 0 Å². The van der Waals surface area contributed by atoms with Crippen LogP contribution >= 0.6 is 0 Å². The third-order valence-electron chi connectivity index (χ3n) is 4.08. The van der Waals surface area contributed by atoms with Crippen molar-refractivity contribution in [3.63, 3.8) is 0 Å². The molecule has 0 bridgehead atoms. The second-order valence-corrected chi connectivity index (χ2v) is 5.84. The maximum absolute atomic E-state index is 12.7. The first-order valence-electron chi connectivity index (χ1n) is 9.46. The van der Waals surface area contributed by atoms with Crippen LogP contribution in [0.1, 0.15) is 88.5 Å². The van der Waals surface area contributed by atoms with Crippen molar-refractivity contribution < 1.29 is 19.2 Å². The number of hydrogen-bond donors (Lipinski definition) is 0. The average Bonchev–Trinajstić information content (AvgIpc) is 2.95. The van der Waals surface area contributed by atoms with Gasteiger partial charge in [0.25, 0.3) is 11.8 Å². The lowest BCUT2D eigenvalue weighted by atomic mass is 9.95. The quantitative estimate of drug-likeness (QED) is 0.537. The van der Waals surface area contributed by atoms with Crippen LogP contribution in [0, 0.1) is 6.92 Å². The van der Waals surface area contributed by atoms with E-state index >= 15 is 0 Å². The number of carbonyl (C=O) groups excluding carboxylic acids is 4. The van der Waals surface area contributed by atoms with E-state index in [-0.39, 0.29) is 33.8 Å². The minimum Gasteiger partial charge on any atom is -0.294 e. The van der Waals surface area contributed by atoms with Crippen LogP contribution in [0.25, 0.3) is 0 Å². The summed E-state index contributed by atoms with van der Waals surface area (Å²) in [5.74, 6) is -1.62. The third-order valence-corrected chi connectivity index (χ3v) is 4.08. The molecule has 1 heterocycles. The van der Waals surface area contributed by atoms with Crippen molar-refractivity contribution >= 4 is 29.1 Å². The number of anilines is 1. The minimum atomic E-state index is -0.489. The number of benzene rings is 2. The van der Waals surface area contributed by atoms with Gasteiger partial charge >= 0.3 is 0 Å². The molecule has 3 rings (SSSR count). The van der Waals surface area contributed by atoms with Crippen LogP contribution in [0.2, 0.25) is 0 Å². The predicted molar refractivity (Wildman–Crippen MR) is 111 cm³/mol. The summed E-state index contributed by atoms with van der Waals surface area (Å²) >= 11 is 0. The van der Waals surface area contributed by atoms with Gasteiger partial charge < -0.3 is 0 Å². The van der Waals surface area contributed by atoms with Crippen LogP contribution in [0.5, 0.6) is 0 Å². The van der Waals surface area contributed by atoms with Crippen molar-refractivity contribution in [3.8, 4) is 0 Å². The fourth-order valence-corrected chi connectivity index (χ4v) is 2.80. The largest absolute Gasteiger partial charge is 0.294 e. The van der Waals surface area contributed by atoms with Gasteiger partial charge in [0.15, 0.2) is 11.6 Å². The molecule has 1 aliphatic rings. The van der Waals surface area contributed by atoms with Crippen molar-refractivity contribution in [1.29, 1.82) is 0 Å². The van der Waals surface area contributed by atoms with E-state index < -0.39 is 11.8 Å². The van der Waals surface area contributed by atoms with Gasteiger partial charge in [-0.2, -0.15) is 0 Å². The van der Waals surface area contributed by atoms with E-state index in [4.69, 9.17) is 0 Å². The van der Waals surface area contributed by atoms with Crippen molar-refractivity contribution in [3.05, 3.63) is 64.2 Å². The second-order valence-electron chi connectivity index (χ2n) is 5.84.